The first-order valence-corrected chi connectivity index (χ1v) is 6.38. The van der Waals surface area contributed by atoms with Gasteiger partial charge in [-0.2, -0.15) is 0 Å². The van der Waals surface area contributed by atoms with Crippen LogP contribution in [0.2, 0.25) is 5.02 Å². The predicted molar refractivity (Wildman–Crippen MR) is 73.4 cm³/mol. The fourth-order valence-corrected chi connectivity index (χ4v) is 2.12. The third kappa shape index (κ3) is 2.65. The Hall–Kier alpha value is -2.34. The summed E-state index contributed by atoms with van der Waals surface area (Å²) in [6.07, 6.45) is 3.05. The molecule has 0 spiro atoms. The molecule has 7 heteroatoms. The van der Waals surface area contributed by atoms with Crippen molar-refractivity contribution in [2.24, 2.45) is 0 Å². The highest BCUT2D eigenvalue weighted by Crippen LogP contribution is 2.31. The Labute approximate surface area is 120 Å². The molecule has 0 saturated heterocycles. The number of anilines is 1. The Morgan fingerprint density at radius 1 is 1.35 bits per heavy atom. The van der Waals surface area contributed by atoms with Crippen LogP contribution in [-0.4, -0.2) is 22.0 Å². The fraction of sp³-hybridized carbons (Fsp3) is 0.154. The number of ether oxygens (including phenoxy) is 1. The van der Waals surface area contributed by atoms with Gasteiger partial charge in [0.1, 0.15) is 5.75 Å². The number of carbonyl (C=O) groups excluding carboxylic acids is 1. The van der Waals surface area contributed by atoms with Crippen LogP contribution in [0.4, 0.5) is 5.95 Å². The number of amides is 1. The molecule has 0 aliphatic carbocycles. The third-order valence-corrected chi connectivity index (χ3v) is 3.09. The molecule has 0 radical (unpaired) electrons. The van der Waals surface area contributed by atoms with Gasteiger partial charge in [0.2, 0.25) is 5.95 Å². The molecule has 0 fully saturated rings. The molecule has 102 valence electrons. The molecule has 0 unspecified atom stereocenters. The van der Waals surface area contributed by atoms with Crippen LogP contribution in [0.1, 0.15) is 5.56 Å². The van der Waals surface area contributed by atoms with Gasteiger partial charge in [-0.1, -0.05) is 11.6 Å². The van der Waals surface area contributed by atoms with E-state index in [9.17, 15) is 4.79 Å². The number of rotatable bonds is 3. The monoisotopic (exact) mass is 290 g/mol. The second kappa shape index (κ2) is 5.34. The molecule has 1 aliphatic heterocycles. The minimum Gasteiger partial charge on any atom is -0.480 e. The number of hydrogen-bond acceptors (Lipinski definition) is 5. The van der Waals surface area contributed by atoms with E-state index in [0.717, 1.165) is 5.56 Å². The van der Waals surface area contributed by atoms with Gasteiger partial charge in [0.15, 0.2) is 6.10 Å². The summed E-state index contributed by atoms with van der Waals surface area (Å²) in [5.74, 6) is 0.717. The van der Waals surface area contributed by atoms with Crippen molar-refractivity contribution in [2.45, 2.75) is 12.5 Å². The van der Waals surface area contributed by atoms with Gasteiger partial charge in [-0.25, -0.2) is 9.97 Å². The summed E-state index contributed by atoms with van der Waals surface area (Å²) in [7, 11) is 0. The number of carbonyl (C=O) groups is 1. The van der Waals surface area contributed by atoms with E-state index < -0.39 is 6.10 Å². The Morgan fingerprint density at radius 3 is 2.95 bits per heavy atom. The number of nitrogens with one attached hydrogen (secondary N) is 2. The minimum absolute atomic E-state index is 0.287. The number of hydrazine groups is 1. The lowest BCUT2D eigenvalue weighted by atomic mass is 10.1. The lowest BCUT2D eigenvalue weighted by Crippen LogP contribution is -2.40. The van der Waals surface area contributed by atoms with Crippen molar-refractivity contribution in [1.82, 2.24) is 15.4 Å². The maximum Gasteiger partial charge on any atom is 0.279 e. The zero-order chi connectivity index (χ0) is 13.9. The zero-order valence-electron chi connectivity index (χ0n) is 10.3. The van der Waals surface area contributed by atoms with Gasteiger partial charge in [0.25, 0.3) is 5.91 Å². The highest BCUT2D eigenvalue weighted by Gasteiger charge is 2.29. The summed E-state index contributed by atoms with van der Waals surface area (Å²) in [6, 6.07) is 6.99. The van der Waals surface area contributed by atoms with E-state index in [-0.39, 0.29) is 5.91 Å². The van der Waals surface area contributed by atoms with Gasteiger partial charge in [-0.3, -0.25) is 15.6 Å². The summed E-state index contributed by atoms with van der Waals surface area (Å²) in [5.41, 5.74) is 6.07. The van der Waals surface area contributed by atoms with Crippen molar-refractivity contribution in [3.63, 3.8) is 0 Å². The molecule has 1 aromatic carbocycles. The van der Waals surface area contributed by atoms with Crippen molar-refractivity contribution in [3.8, 4) is 5.75 Å². The van der Waals surface area contributed by atoms with Crippen molar-refractivity contribution in [3.05, 3.63) is 47.2 Å². The maximum absolute atomic E-state index is 12.0. The second-order valence-electron chi connectivity index (χ2n) is 4.25. The van der Waals surface area contributed by atoms with Crippen LogP contribution in [0.25, 0.3) is 0 Å². The van der Waals surface area contributed by atoms with Gasteiger partial charge >= 0.3 is 0 Å². The van der Waals surface area contributed by atoms with Crippen LogP contribution < -0.4 is 15.6 Å². The van der Waals surface area contributed by atoms with E-state index in [4.69, 9.17) is 16.3 Å². The molecule has 1 atom stereocenters. The first kappa shape index (κ1) is 12.7. The number of fused-ring (bicyclic) bond motifs is 1. The zero-order valence-corrected chi connectivity index (χ0v) is 11.1. The highest BCUT2D eigenvalue weighted by molar-refractivity contribution is 6.30. The SMILES string of the molecule is O=C(NNc1ncccn1)[C@H]1Cc2cc(Cl)ccc2O1. The van der Waals surface area contributed by atoms with Crippen LogP contribution in [0, 0.1) is 0 Å². The molecule has 6 nitrogen and oxygen atoms in total. The highest BCUT2D eigenvalue weighted by atomic mass is 35.5. The van der Waals surface area contributed by atoms with Crippen molar-refractivity contribution in [1.29, 1.82) is 0 Å². The van der Waals surface area contributed by atoms with Gasteiger partial charge in [-0.05, 0) is 29.8 Å². The van der Waals surface area contributed by atoms with Gasteiger partial charge in [-0.15, -0.1) is 0 Å². The lowest BCUT2D eigenvalue weighted by molar-refractivity contribution is -0.126. The number of halogens is 1. The smallest absolute Gasteiger partial charge is 0.279 e. The molecular formula is C13H11ClN4O2. The quantitative estimate of drug-likeness (QED) is 0.839. The Morgan fingerprint density at radius 2 is 2.15 bits per heavy atom. The minimum atomic E-state index is -0.584. The average molecular weight is 291 g/mol. The van der Waals surface area contributed by atoms with Gasteiger partial charge in [0.05, 0.1) is 0 Å². The molecule has 1 amide bonds. The summed E-state index contributed by atoms with van der Waals surface area (Å²) in [5, 5.41) is 0.629. The van der Waals surface area contributed by atoms with Crippen LogP contribution in [0.3, 0.4) is 0 Å². The molecule has 20 heavy (non-hydrogen) atoms. The number of nitrogens with zero attached hydrogens (tertiary/aromatic N) is 2. The summed E-state index contributed by atoms with van der Waals surface area (Å²) >= 11 is 5.91. The predicted octanol–water partition coefficient (Wildman–Crippen LogP) is 1.58. The maximum atomic E-state index is 12.0. The topological polar surface area (TPSA) is 76.1 Å². The molecule has 2 aromatic rings. The molecule has 2 N–H and O–H groups in total. The van der Waals surface area contributed by atoms with Crippen LogP contribution >= 0.6 is 11.6 Å². The first-order valence-electron chi connectivity index (χ1n) is 6.00. The van der Waals surface area contributed by atoms with Crippen molar-refractivity contribution in [2.75, 3.05) is 5.43 Å². The molecule has 2 heterocycles. The molecular weight excluding hydrogens is 280 g/mol. The van der Waals surface area contributed by atoms with Crippen LogP contribution in [0.15, 0.2) is 36.7 Å². The van der Waals surface area contributed by atoms with Crippen molar-refractivity contribution < 1.29 is 9.53 Å². The summed E-state index contributed by atoms with van der Waals surface area (Å²) < 4.78 is 5.56. The van der Waals surface area contributed by atoms with Crippen molar-refractivity contribution >= 4 is 23.5 Å². The fourth-order valence-electron chi connectivity index (χ4n) is 1.93. The molecule has 1 aliphatic rings. The third-order valence-electron chi connectivity index (χ3n) is 2.85. The Bertz CT molecular complexity index is 636. The van der Waals surface area contributed by atoms with E-state index in [1.54, 1.807) is 36.7 Å². The summed E-state index contributed by atoms with van der Waals surface area (Å²) in [6.45, 7) is 0. The lowest BCUT2D eigenvalue weighted by Gasteiger charge is -2.11. The van der Waals surface area contributed by atoms with Gasteiger partial charge < -0.3 is 4.74 Å². The van der Waals surface area contributed by atoms with E-state index in [1.807, 2.05) is 0 Å². The van der Waals surface area contributed by atoms with E-state index in [0.29, 0.717) is 23.1 Å². The summed E-state index contributed by atoms with van der Waals surface area (Å²) in [4.78, 5) is 19.9. The van der Waals surface area contributed by atoms with E-state index in [2.05, 4.69) is 20.8 Å². The second-order valence-corrected chi connectivity index (χ2v) is 4.69. The number of aromatic nitrogens is 2. The first-order chi connectivity index (χ1) is 9.72. The molecule has 1 aromatic heterocycles. The van der Waals surface area contributed by atoms with Gasteiger partial charge in [0, 0.05) is 23.8 Å². The Balaban J connectivity index is 1.60. The normalized spacial score (nSPS) is 16.1. The molecule has 3 rings (SSSR count). The molecule has 0 bridgehead atoms. The molecule has 0 saturated carbocycles. The average Bonchev–Trinajstić information content (AvgIpc) is 2.89. The standard InChI is InChI=1S/C13H11ClN4O2/c14-9-2-3-10-8(6-9)7-11(20-10)12(19)17-18-13-15-4-1-5-16-13/h1-6,11H,7H2,(H,17,19)(H,15,16,18)/t11-/m1/s1. The Kier molecular flexibility index (Phi) is 3.39. The van der Waals surface area contributed by atoms with E-state index in [1.165, 1.54) is 0 Å². The largest absolute Gasteiger partial charge is 0.480 e. The number of hydrogen-bond donors (Lipinski definition) is 2. The van der Waals surface area contributed by atoms with E-state index >= 15 is 0 Å². The van der Waals surface area contributed by atoms with Crippen LogP contribution in [0.5, 0.6) is 5.75 Å². The number of benzene rings is 1. The van der Waals surface area contributed by atoms with Crippen LogP contribution in [-0.2, 0) is 11.2 Å².